The number of ether oxygens (including phenoxy) is 1. The lowest BCUT2D eigenvalue weighted by Crippen LogP contribution is -2.12. The minimum Gasteiger partial charge on any atom is -0.446 e. The number of nitrogens with two attached hydrogens (primary N) is 1. The van der Waals surface area contributed by atoms with Crippen LogP contribution in [0.2, 0.25) is 0 Å². The first-order chi connectivity index (χ1) is 14.5. The lowest BCUT2D eigenvalue weighted by atomic mass is 10.1. The van der Waals surface area contributed by atoms with Crippen molar-refractivity contribution < 1.29 is 18.4 Å². The number of rotatable bonds is 8. The van der Waals surface area contributed by atoms with Crippen LogP contribution >= 0.6 is 0 Å². The van der Waals surface area contributed by atoms with E-state index in [1.54, 1.807) is 19.6 Å². The lowest BCUT2D eigenvalue weighted by molar-refractivity contribution is 0.0996. The Labute approximate surface area is 171 Å². The highest BCUT2D eigenvalue weighted by molar-refractivity contribution is 5.96. The summed E-state index contributed by atoms with van der Waals surface area (Å²) in [4.78, 5) is 21.9. The number of carbonyl (C=O) groups excluding carboxylic acids is 1. The van der Waals surface area contributed by atoms with E-state index in [9.17, 15) is 4.79 Å². The van der Waals surface area contributed by atoms with E-state index in [0.717, 1.165) is 11.1 Å². The Morgan fingerprint density at radius 2 is 2.10 bits per heavy atom. The molecule has 0 atom stereocenters. The van der Waals surface area contributed by atoms with E-state index < -0.39 is 5.91 Å². The summed E-state index contributed by atoms with van der Waals surface area (Å²) in [5.41, 5.74) is 8.67. The van der Waals surface area contributed by atoms with Gasteiger partial charge in [0.1, 0.15) is 25.1 Å². The number of nitrogens with zero attached hydrogens (tertiary/aromatic N) is 5. The van der Waals surface area contributed by atoms with Gasteiger partial charge in [-0.25, -0.2) is 9.97 Å². The average Bonchev–Trinajstić information content (AvgIpc) is 3.43. The van der Waals surface area contributed by atoms with E-state index in [4.69, 9.17) is 19.3 Å². The fraction of sp³-hybridized carbons (Fsp3) is 0.250. The molecule has 0 bridgehead atoms. The second-order valence-electron chi connectivity index (χ2n) is 6.73. The molecule has 1 amide bonds. The first-order valence-corrected chi connectivity index (χ1v) is 9.19. The van der Waals surface area contributed by atoms with Crippen molar-refractivity contribution in [2.45, 2.75) is 26.5 Å². The smallest absolute Gasteiger partial charge is 0.271 e. The van der Waals surface area contributed by atoms with Crippen LogP contribution in [0.3, 0.4) is 0 Å². The number of benzene rings is 1. The predicted octanol–water partition coefficient (Wildman–Crippen LogP) is 2.11. The lowest BCUT2D eigenvalue weighted by Gasteiger charge is -1.99. The minimum atomic E-state index is -0.650. The highest BCUT2D eigenvalue weighted by Gasteiger charge is 2.20. The van der Waals surface area contributed by atoms with Gasteiger partial charge in [0.05, 0.1) is 18.3 Å². The Morgan fingerprint density at radius 1 is 1.23 bits per heavy atom. The Bertz CT molecular complexity index is 1180. The fourth-order valence-electron chi connectivity index (χ4n) is 2.99. The molecule has 0 aliphatic heterocycles. The number of oxazole rings is 2. The number of methoxy groups -OCH3 is 1. The number of hydrogen-bond acceptors (Lipinski definition) is 8. The highest BCUT2D eigenvalue weighted by Crippen LogP contribution is 2.26. The minimum absolute atomic E-state index is 0.0938. The zero-order valence-corrected chi connectivity index (χ0v) is 16.5. The molecule has 0 fully saturated rings. The van der Waals surface area contributed by atoms with Gasteiger partial charge < -0.3 is 19.3 Å². The molecule has 2 N–H and O–H groups in total. The summed E-state index contributed by atoms with van der Waals surface area (Å²) < 4.78 is 16.1. The van der Waals surface area contributed by atoms with Gasteiger partial charge in [-0.1, -0.05) is 23.8 Å². The van der Waals surface area contributed by atoms with Gasteiger partial charge >= 0.3 is 0 Å². The molecule has 4 rings (SSSR count). The Morgan fingerprint density at radius 3 is 2.87 bits per heavy atom. The monoisotopic (exact) mass is 408 g/mol. The first-order valence-electron chi connectivity index (χ1n) is 9.19. The zero-order chi connectivity index (χ0) is 21.1. The van der Waals surface area contributed by atoms with Crippen molar-refractivity contribution in [2.24, 2.45) is 5.73 Å². The van der Waals surface area contributed by atoms with Crippen molar-refractivity contribution in [3.05, 3.63) is 71.2 Å². The second-order valence-corrected chi connectivity index (χ2v) is 6.73. The van der Waals surface area contributed by atoms with Crippen molar-refractivity contribution in [3.63, 3.8) is 0 Å². The molecular formula is C20H20N6O4. The van der Waals surface area contributed by atoms with Crippen molar-refractivity contribution >= 4 is 5.91 Å². The van der Waals surface area contributed by atoms with Crippen LogP contribution in [-0.4, -0.2) is 38.0 Å². The first kappa shape index (κ1) is 19.5. The summed E-state index contributed by atoms with van der Waals surface area (Å²) in [6.07, 6.45) is 3.41. The van der Waals surface area contributed by atoms with E-state index in [-0.39, 0.29) is 12.1 Å². The number of hydrogen-bond donors (Lipinski definition) is 1. The summed E-state index contributed by atoms with van der Waals surface area (Å²) in [5, 5.41) is 8.63. The third-order valence-corrected chi connectivity index (χ3v) is 4.27. The van der Waals surface area contributed by atoms with E-state index >= 15 is 0 Å². The second kappa shape index (κ2) is 8.29. The van der Waals surface area contributed by atoms with Gasteiger partial charge in [-0.15, -0.1) is 0 Å². The van der Waals surface area contributed by atoms with Crippen LogP contribution in [0.25, 0.3) is 11.3 Å². The fourth-order valence-corrected chi connectivity index (χ4v) is 2.99. The highest BCUT2D eigenvalue weighted by atomic mass is 16.5. The molecule has 10 nitrogen and oxygen atoms in total. The molecule has 3 aromatic heterocycles. The molecule has 154 valence electrons. The van der Waals surface area contributed by atoms with E-state index in [0.29, 0.717) is 42.1 Å². The Balaban J connectivity index is 1.52. The number of primary amides is 1. The standard InChI is InChI=1S/C20H20N6O4/c1-12-4-3-5-13(6-12)19-18(20(21)27)24-16(30-19)7-14-8-22-26(25-14)9-15-10-29-17(23-15)11-28-2/h3-6,8,10H,7,9,11H2,1-2H3,(H2,21,27). The molecule has 0 aliphatic carbocycles. The maximum atomic E-state index is 11.8. The van der Waals surface area contributed by atoms with Crippen LogP contribution in [0.15, 0.2) is 45.6 Å². The summed E-state index contributed by atoms with van der Waals surface area (Å²) in [7, 11) is 1.57. The van der Waals surface area contributed by atoms with Gasteiger partial charge in [0, 0.05) is 12.7 Å². The molecule has 0 spiro atoms. The van der Waals surface area contributed by atoms with Gasteiger partial charge in [-0.05, 0) is 13.0 Å². The molecule has 0 aliphatic rings. The molecule has 4 aromatic rings. The molecule has 0 saturated carbocycles. The van der Waals surface area contributed by atoms with Gasteiger partial charge in [-0.3, -0.25) is 4.79 Å². The summed E-state index contributed by atoms with van der Waals surface area (Å²) >= 11 is 0. The van der Waals surface area contributed by atoms with Crippen molar-refractivity contribution in [1.29, 1.82) is 0 Å². The topological polar surface area (TPSA) is 135 Å². The normalized spacial score (nSPS) is 11.1. The SMILES string of the molecule is COCc1nc(Cn2ncc(Cc3nc(C(N)=O)c(-c4cccc(C)c4)o3)n2)co1. The van der Waals surface area contributed by atoms with Crippen LogP contribution in [0.1, 0.15) is 39.2 Å². The molecule has 3 heterocycles. The molecule has 1 aromatic carbocycles. The van der Waals surface area contributed by atoms with Crippen LogP contribution in [0.4, 0.5) is 0 Å². The van der Waals surface area contributed by atoms with Crippen LogP contribution in [0, 0.1) is 6.92 Å². The van der Waals surface area contributed by atoms with Gasteiger partial charge in [0.15, 0.2) is 11.5 Å². The largest absolute Gasteiger partial charge is 0.446 e. The van der Waals surface area contributed by atoms with E-state index in [1.165, 1.54) is 4.80 Å². The molecule has 10 heteroatoms. The van der Waals surface area contributed by atoms with Gasteiger partial charge in [-0.2, -0.15) is 15.0 Å². The maximum Gasteiger partial charge on any atom is 0.271 e. The molecule has 30 heavy (non-hydrogen) atoms. The predicted molar refractivity (Wildman–Crippen MR) is 104 cm³/mol. The number of carbonyl (C=O) groups is 1. The average molecular weight is 408 g/mol. The molecular weight excluding hydrogens is 388 g/mol. The zero-order valence-electron chi connectivity index (χ0n) is 16.5. The summed E-state index contributed by atoms with van der Waals surface area (Å²) in [6.45, 7) is 2.60. The number of amides is 1. The van der Waals surface area contributed by atoms with Crippen LogP contribution in [0.5, 0.6) is 0 Å². The van der Waals surface area contributed by atoms with Gasteiger partial charge in [0.2, 0.25) is 11.8 Å². The number of aryl methyl sites for hydroxylation is 1. The third-order valence-electron chi connectivity index (χ3n) is 4.27. The summed E-state index contributed by atoms with van der Waals surface area (Å²) in [5.74, 6) is 0.517. The Kier molecular flexibility index (Phi) is 5.40. The third kappa shape index (κ3) is 4.28. The van der Waals surface area contributed by atoms with Crippen LogP contribution < -0.4 is 5.73 Å². The molecule has 0 saturated heterocycles. The van der Waals surface area contributed by atoms with Gasteiger partial charge in [0.25, 0.3) is 5.91 Å². The van der Waals surface area contributed by atoms with Crippen molar-refractivity contribution in [3.8, 4) is 11.3 Å². The van der Waals surface area contributed by atoms with Crippen molar-refractivity contribution in [1.82, 2.24) is 25.0 Å². The number of aromatic nitrogens is 5. The Hall–Kier alpha value is -3.79. The summed E-state index contributed by atoms with van der Waals surface area (Å²) in [6, 6.07) is 7.58. The van der Waals surface area contributed by atoms with E-state index in [2.05, 4.69) is 20.2 Å². The quantitative estimate of drug-likeness (QED) is 0.468. The molecule has 0 unspecified atom stereocenters. The molecule has 0 radical (unpaired) electrons. The van der Waals surface area contributed by atoms with E-state index in [1.807, 2.05) is 31.2 Å². The maximum absolute atomic E-state index is 11.8. The van der Waals surface area contributed by atoms with Crippen LogP contribution in [-0.2, 0) is 24.3 Å². The van der Waals surface area contributed by atoms with Crippen molar-refractivity contribution in [2.75, 3.05) is 7.11 Å².